The third-order valence-electron chi connectivity index (χ3n) is 4.35. The quantitative estimate of drug-likeness (QED) is 0.501. The average Bonchev–Trinajstić information content (AvgIpc) is 3.26. The lowest BCUT2D eigenvalue weighted by Gasteiger charge is -2.14. The van der Waals surface area contributed by atoms with E-state index in [4.69, 9.17) is 14.2 Å². The minimum atomic E-state index is -0.338. The standard InChI is InChI=1S/C22H20N4O4/c1-28-18-8-3-2-7-17(18)25-22(24-13-16-6-4-5-11-23-16)26-21(27)15-9-10-19-20(12-15)30-14-29-19/h2-12H,13-14H2,1H3,(H2,24,25,26,27). The van der Waals surface area contributed by atoms with Gasteiger partial charge in [-0.25, -0.2) is 4.99 Å². The van der Waals surface area contributed by atoms with Crippen LogP contribution in [-0.2, 0) is 6.54 Å². The van der Waals surface area contributed by atoms with Gasteiger partial charge in [0.2, 0.25) is 12.8 Å². The van der Waals surface area contributed by atoms with Crippen LogP contribution in [0.3, 0.4) is 0 Å². The van der Waals surface area contributed by atoms with E-state index in [0.717, 1.165) is 5.69 Å². The summed E-state index contributed by atoms with van der Waals surface area (Å²) in [4.78, 5) is 21.6. The Morgan fingerprint density at radius 1 is 1.10 bits per heavy atom. The fraction of sp³-hybridized carbons (Fsp3) is 0.136. The van der Waals surface area contributed by atoms with Crippen LogP contribution in [0.5, 0.6) is 17.2 Å². The second-order valence-electron chi connectivity index (χ2n) is 6.33. The van der Waals surface area contributed by atoms with Gasteiger partial charge in [0.15, 0.2) is 11.5 Å². The van der Waals surface area contributed by atoms with Gasteiger partial charge in [0.25, 0.3) is 5.91 Å². The Morgan fingerprint density at radius 3 is 2.77 bits per heavy atom. The van der Waals surface area contributed by atoms with Crippen LogP contribution >= 0.6 is 0 Å². The molecule has 1 amide bonds. The van der Waals surface area contributed by atoms with Gasteiger partial charge < -0.3 is 19.5 Å². The summed E-state index contributed by atoms with van der Waals surface area (Å²) in [6, 6.07) is 18.0. The van der Waals surface area contributed by atoms with Gasteiger partial charge in [-0.3, -0.25) is 15.1 Å². The van der Waals surface area contributed by atoms with E-state index in [9.17, 15) is 4.79 Å². The molecule has 0 aliphatic carbocycles. The van der Waals surface area contributed by atoms with Crippen LogP contribution in [0.25, 0.3) is 0 Å². The molecule has 2 aromatic carbocycles. The number of fused-ring (bicyclic) bond motifs is 1. The van der Waals surface area contributed by atoms with E-state index in [0.29, 0.717) is 35.0 Å². The number of anilines is 1. The molecular formula is C22H20N4O4. The predicted octanol–water partition coefficient (Wildman–Crippen LogP) is 3.22. The summed E-state index contributed by atoms with van der Waals surface area (Å²) in [6.07, 6.45) is 1.70. The second kappa shape index (κ2) is 8.95. The van der Waals surface area contributed by atoms with Crippen LogP contribution in [0.4, 0.5) is 5.69 Å². The minimum absolute atomic E-state index is 0.145. The number of rotatable bonds is 5. The molecule has 3 aromatic rings. The average molecular weight is 404 g/mol. The van der Waals surface area contributed by atoms with Gasteiger partial charge in [-0.1, -0.05) is 18.2 Å². The van der Waals surface area contributed by atoms with Crippen LogP contribution < -0.4 is 24.8 Å². The number of hydrogen-bond donors (Lipinski definition) is 2. The molecule has 0 fully saturated rings. The zero-order chi connectivity index (χ0) is 20.8. The highest BCUT2D eigenvalue weighted by atomic mass is 16.7. The summed E-state index contributed by atoms with van der Waals surface area (Å²) in [7, 11) is 1.58. The minimum Gasteiger partial charge on any atom is -0.495 e. The zero-order valence-corrected chi connectivity index (χ0v) is 16.3. The first-order valence-electron chi connectivity index (χ1n) is 9.28. The number of guanidine groups is 1. The molecule has 0 saturated carbocycles. The smallest absolute Gasteiger partial charge is 0.258 e. The van der Waals surface area contributed by atoms with Crippen LogP contribution in [0.2, 0.25) is 0 Å². The number of pyridine rings is 1. The largest absolute Gasteiger partial charge is 0.495 e. The van der Waals surface area contributed by atoms with Crippen LogP contribution in [-0.4, -0.2) is 30.8 Å². The maximum atomic E-state index is 12.8. The molecule has 1 aromatic heterocycles. The van der Waals surface area contributed by atoms with E-state index < -0.39 is 0 Å². The molecule has 0 spiro atoms. The van der Waals surface area contributed by atoms with Crippen molar-refractivity contribution in [1.29, 1.82) is 0 Å². The fourth-order valence-electron chi connectivity index (χ4n) is 2.85. The molecular weight excluding hydrogens is 384 g/mol. The predicted molar refractivity (Wildman–Crippen MR) is 112 cm³/mol. The van der Waals surface area contributed by atoms with Crippen molar-refractivity contribution in [2.24, 2.45) is 4.99 Å². The number of ether oxygens (including phenoxy) is 3. The van der Waals surface area contributed by atoms with Gasteiger partial charge in [0.1, 0.15) is 5.75 Å². The molecule has 0 atom stereocenters. The molecule has 152 valence electrons. The van der Waals surface area contributed by atoms with E-state index in [-0.39, 0.29) is 18.7 Å². The molecule has 0 bridgehead atoms. The molecule has 0 saturated heterocycles. The Hall–Kier alpha value is -4.07. The molecule has 2 heterocycles. The third kappa shape index (κ3) is 4.49. The van der Waals surface area contributed by atoms with Crippen molar-refractivity contribution in [3.63, 3.8) is 0 Å². The normalized spacial score (nSPS) is 12.4. The summed E-state index contributed by atoms with van der Waals surface area (Å²) >= 11 is 0. The topological polar surface area (TPSA) is 94.1 Å². The van der Waals surface area contributed by atoms with Crippen LogP contribution in [0, 0.1) is 0 Å². The first kappa shape index (κ1) is 19.3. The molecule has 1 aliphatic heterocycles. The van der Waals surface area contributed by atoms with E-state index >= 15 is 0 Å². The Bertz CT molecular complexity index is 1070. The highest BCUT2D eigenvalue weighted by Gasteiger charge is 2.17. The molecule has 8 heteroatoms. The number of aromatic nitrogens is 1. The summed E-state index contributed by atoms with van der Waals surface area (Å²) in [6.45, 7) is 0.437. The van der Waals surface area contributed by atoms with Crippen molar-refractivity contribution >= 4 is 17.6 Å². The second-order valence-corrected chi connectivity index (χ2v) is 6.33. The number of para-hydroxylation sites is 2. The van der Waals surface area contributed by atoms with Crippen molar-refractivity contribution < 1.29 is 19.0 Å². The number of hydrogen-bond acceptors (Lipinski definition) is 6. The lowest BCUT2D eigenvalue weighted by molar-refractivity contribution is 0.0976. The van der Waals surface area contributed by atoms with Crippen molar-refractivity contribution in [2.45, 2.75) is 6.54 Å². The molecule has 4 rings (SSSR count). The van der Waals surface area contributed by atoms with Gasteiger partial charge in [-0.2, -0.15) is 0 Å². The van der Waals surface area contributed by atoms with E-state index in [2.05, 4.69) is 20.6 Å². The monoisotopic (exact) mass is 404 g/mol. The number of methoxy groups -OCH3 is 1. The van der Waals surface area contributed by atoms with Gasteiger partial charge in [0.05, 0.1) is 25.0 Å². The van der Waals surface area contributed by atoms with Crippen molar-refractivity contribution in [3.05, 3.63) is 78.1 Å². The van der Waals surface area contributed by atoms with Gasteiger partial charge >= 0.3 is 0 Å². The number of carbonyl (C=O) groups is 1. The summed E-state index contributed by atoms with van der Waals surface area (Å²) in [5, 5.41) is 5.95. The Morgan fingerprint density at radius 2 is 1.93 bits per heavy atom. The van der Waals surface area contributed by atoms with E-state index in [1.54, 1.807) is 31.5 Å². The van der Waals surface area contributed by atoms with Crippen molar-refractivity contribution in [1.82, 2.24) is 10.3 Å². The molecule has 1 aliphatic rings. The van der Waals surface area contributed by atoms with Gasteiger partial charge in [-0.15, -0.1) is 0 Å². The number of nitrogens with one attached hydrogen (secondary N) is 2. The molecule has 30 heavy (non-hydrogen) atoms. The number of carbonyl (C=O) groups excluding carboxylic acids is 1. The third-order valence-corrected chi connectivity index (χ3v) is 4.35. The Kier molecular flexibility index (Phi) is 5.75. The summed E-state index contributed by atoms with van der Waals surface area (Å²) in [5.74, 6) is 1.71. The molecule has 0 unspecified atom stereocenters. The highest BCUT2D eigenvalue weighted by Crippen LogP contribution is 2.32. The number of aliphatic imine (C=N–C) groups is 1. The van der Waals surface area contributed by atoms with Gasteiger partial charge in [0, 0.05) is 11.8 Å². The van der Waals surface area contributed by atoms with E-state index in [1.807, 2.05) is 42.5 Å². The first-order chi connectivity index (χ1) is 14.7. The highest BCUT2D eigenvalue weighted by molar-refractivity contribution is 6.10. The lowest BCUT2D eigenvalue weighted by atomic mass is 10.2. The zero-order valence-electron chi connectivity index (χ0n) is 16.3. The number of amides is 1. The number of nitrogens with zero attached hydrogens (tertiary/aromatic N) is 2. The molecule has 2 N–H and O–H groups in total. The van der Waals surface area contributed by atoms with Gasteiger partial charge in [-0.05, 0) is 42.5 Å². The Balaban J connectivity index is 1.56. The molecule has 0 radical (unpaired) electrons. The molecule has 8 nitrogen and oxygen atoms in total. The maximum Gasteiger partial charge on any atom is 0.258 e. The van der Waals surface area contributed by atoms with Crippen molar-refractivity contribution in [3.8, 4) is 17.2 Å². The lowest BCUT2D eigenvalue weighted by Crippen LogP contribution is -2.36. The van der Waals surface area contributed by atoms with Crippen LogP contribution in [0.1, 0.15) is 16.1 Å². The fourth-order valence-corrected chi connectivity index (χ4v) is 2.85. The first-order valence-corrected chi connectivity index (χ1v) is 9.28. The van der Waals surface area contributed by atoms with Crippen molar-refractivity contribution in [2.75, 3.05) is 19.2 Å². The maximum absolute atomic E-state index is 12.8. The summed E-state index contributed by atoms with van der Waals surface area (Å²) < 4.78 is 16.0. The van der Waals surface area contributed by atoms with E-state index in [1.165, 1.54) is 0 Å². The Labute approximate surface area is 173 Å². The number of benzene rings is 2. The SMILES string of the molecule is COc1ccccc1NC(=NCc1ccccn1)NC(=O)c1ccc2c(c1)OCO2. The van der Waals surface area contributed by atoms with Crippen LogP contribution in [0.15, 0.2) is 71.9 Å². The summed E-state index contributed by atoms with van der Waals surface area (Å²) in [5.41, 5.74) is 1.87.